The second-order valence-corrected chi connectivity index (χ2v) is 5.11. The maximum Gasteiger partial charge on any atom is 0.265 e. The SMILES string of the molecule is C[C@@H]1Oc2ccccc2O[C@H]1C(=O)NCCCn1cncn1. The van der Waals surface area contributed by atoms with E-state index in [9.17, 15) is 4.79 Å². The first-order valence-electron chi connectivity index (χ1n) is 7.26. The predicted octanol–water partition coefficient (Wildman–Crippen LogP) is 1.01. The summed E-state index contributed by atoms with van der Waals surface area (Å²) in [6, 6.07) is 7.36. The van der Waals surface area contributed by atoms with Crippen LogP contribution < -0.4 is 14.8 Å². The maximum atomic E-state index is 12.2. The van der Waals surface area contributed by atoms with Gasteiger partial charge in [-0.3, -0.25) is 9.48 Å². The van der Waals surface area contributed by atoms with Gasteiger partial charge in [-0.15, -0.1) is 0 Å². The summed E-state index contributed by atoms with van der Waals surface area (Å²) in [6.07, 6.45) is 2.95. The minimum Gasteiger partial charge on any atom is -0.482 e. The molecule has 7 heteroatoms. The summed E-state index contributed by atoms with van der Waals surface area (Å²) in [5.41, 5.74) is 0. The molecular weight excluding hydrogens is 284 g/mol. The summed E-state index contributed by atoms with van der Waals surface area (Å²) in [5, 5.41) is 6.88. The van der Waals surface area contributed by atoms with Gasteiger partial charge in [-0.1, -0.05) is 12.1 Å². The van der Waals surface area contributed by atoms with E-state index in [2.05, 4.69) is 15.4 Å². The molecule has 1 aromatic heterocycles. The summed E-state index contributed by atoms with van der Waals surface area (Å²) in [5.74, 6) is 1.11. The van der Waals surface area contributed by atoms with Crippen molar-refractivity contribution < 1.29 is 14.3 Å². The second kappa shape index (κ2) is 6.46. The maximum absolute atomic E-state index is 12.2. The fraction of sp³-hybridized carbons (Fsp3) is 0.400. The molecule has 0 bridgehead atoms. The van der Waals surface area contributed by atoms with Crippen molar-refractivity contribution in [1.29, 1.82) is 0 Å². The lowest BCUT2D eigenvalue weighted by atomic mass is 10.1. The van der Waals surface area contributed by atoms with Crippen LogP contribution in [-0.4, -0.2) is 39.4 Å². The van der Waals surface area contributed by atoms with Crippen LogP contribution in [0, 0.1) is 0 Å². The number of aromatic nitrogens is 3. The van der Waals surface area contributed by atoms with Crippen LogP contribution in [0.3, 0.4) is 0 Å². The van der Waals surface area contributed by atoms with Crippen LogP contribution in [0.15, 0.2) is 36.9 Å². The molecule has 0 saturated carbocycles. The quantitative estimate of drug-likeness (QED) is 0.834. The Bertz CT molecular complexity index is 629. The second-order valence-electron chi connectivity index (χ2n) is 5.11. The number of hydrogen-bond donors (Lipinski definition) is 1. The van der Waals surface area contributed by atoms with Crippen LogP contribution in [0.2, 0.25) is 0 Å². The number of nitrogens with one attached hydrogen (secondary N) is 1. The van der Waals surface area contributed by atoms with Crippen molar-refractivity contribution in [3.8, 4) is 11.5 Å². The fourth-order valence-corrected chi connectivity index (χ4v) is 2.31. The van der Waals surface area contributed by atoms with Crippen LogP contribution in [0.5, 0.6) is 11.5 Å². The number of carbonyl (C=O) groups excluding carboxylic acids is 1. The number of ether oxygens (including phenoxy) is 2. The lowest BCUT2D eigenvalue weighted by Crippen LogP contribution is -2.49. The zero-order valence-electron chi connectivity index (χ0n) is 12.3. The van der Waals surface area contributed by atoms with E-state index in [0.717, 1.165) is 6.42 Å². The summed E-state index contributed by atoms with van der Waals surface area (Å²) >= 11 is 0. The van der Waals surface area contributed by atoms with Gasteiger partial charge in [-0.05, 0) is 25.5 Å². The van der Waals surface area contributed by atoms with Gasteiger partial charge in [0, 0.05) is 13.1 Å². The van der Waals surface area contributed by atoms with Gasteiger partial charge in [0.05, 0.1) is 0 Å². The molecule has 7 nitrogen and oxygen atoms in total. The first-order valence-corrected chi connectivity index (χ1v) is 7.26. The number of aryl methyl sites for hydroxylation is 1. The Morgan fingerprint density at radius 2 is 2.09 bits per heavy atom. The van der Waals surface area contributed by atoms with Gasteiger partial charge in [0.1, 0.15) is 18.8 Å². The van der Waals surface area contributed by atoms with Crippen LogP contribution in [0.25, 0.3) is 0 Å². The smallest absolute Gasteiger partial charge is 0.265 e. The Morgan fingerprint density at radius 1 is 1.32 bits per heavy atom. The zero-order chi connectivity index (χ0) is 15.4. The monoisotopic (exact) mass is 302 g/mol. The first-order chi connectivity index (χ1) is 10.7. The van der Waals surface area contributed by atoms with Gasteiger partial charge in [-0.2, -0.15) is 5.10 Å². The van der Waals surface area contributed by atoms with Crippen LogP contribution in [0.4, 0.5) is 0 Å². The average molecular weight is 302 g/mol. The van der Waals surface area contributed by atoms with Gasteiger partial charge in [0.25, 0.3) is 5.91 Å². The number of rotatable bonds is 5. The van der Waals surface area contributed by atoms with Crippen LogP contribution in [0.1, 0.15) is 13.3 Å². The standard InChI is InChI=1S/C15H18N4O3/c1-11-14(22-13-6-3-2-5-12(13)21-11)15(20)17-7-4-8-19-10-16-9-18-19/h2-3,5-6,9-11,14H,4,7-8H2,1H3,(H,17,20)/t11-,14+/m0/s1. The Balaban J connectivity index is 1.50. The molecule has 0 fully saturated rings. The van der Waals surface area contributed by atoms with Gasteiger partial charge in [0.15, 0.2) is 11.5 Å². The minimum atomic E-state index is -0.638. The van der Waals surface area contributed by atoms with Crippen molar-refractivity contribution in [1.82, 2.24) is 20.1 Å². The molecule has 1 amide bonds. The molecule has 22 heavy (non-hydrogen) atoms. The molecular formula is C15H18N4O3. The van der Waals surface area contributed by atoms with E-state index in [1.54, 1.807) is 17.1 Å². The lowest BCUT2D eigenvalue weighted by molar-refractivity contribution is -0.133. The molecule has 0 saturated heterocycles. The number of para-hydroxylation sites is 2. The van der Waals surface area contributed by atoms with Crippen molar-refractivity contribution >= 4 is 5.91 Å². The van der Waals surface area contributed by atoms with Crippen molar-refractivity contribution in [3.63, 3.8) is 0 Å². The van der Waals surface area contributed by atoms with E-state index in [1.807, 2.05) is 25.1 Å². The predicted molar refractivity (Wildman–Crippen MR) is 78.6 cm³/mol. The van der Waals surface area contributed by atoms with E-state index in [1.165, 1.54) is 6.33 Å². The van der Waals surface area contributed by atoms with E-state index < -0.39 is 6.10 Å². The summed E-state index contributed by atoms with van der Waals surface area (Å²) in [4.78, 5) is 16.1. The summed E-state index contributed by atoms with van der Waals surface area (Å²) in [7, 11) is 0. The molecule has 2 heterocycles. The third kappa shape index (κ3) is 3.19. The highest BCUT2D eigenvalue weighted by Gasteiger charge is 2.33. The third-order valence-corrected chi connectivity index (χ3v) is 3.43. The molecule has 1 aliphatic rings. The lowest BCUT2D eigenvalue weighted by Gasteiger charge is -2.31. The van der Waals surface area contributed by atoms with Gasteiger partial charge < -0.3 is 14.8 Å². The molecule has 0 unspecified atom stereocenters. The highest BCUT2D eigenvalue weighted by Crippen LogP contribution is 2.33. The summed E-state index contributed by atoms with van der Waals surface area (Å²) < 4.78 is 13.2. The third-order valence-electron chi connectivity index (χ3n) is 3.43. The summed E-state index contributed by atoms with van der Waals surface area (Å²) in [6.45, 7) is 3.09. The first kappa shape index (κ1) is 14.4. The Kier molecular flexibility index (Phi) is 4.22. The topological polar surface area (TPSA) is 78.3 Å². The van der Waals surface area contributed by atoms with Gasteiger partial charge in [-0.25, -0.2) is 4.98 Å². The normalized spacial score (nSPS) is 19.7. The largest absolute Gasteiger partial charge is 0.482 e. The number of benzene rings is 1. The van der Waals surface area contributed by atoms with Crippen LogP contribution >= 0.6 is 0 Å². The number of nitrogens with zero attached hydrogens (tertiary/aromatic N) is 3. The van der Waals surface area contributed by atoms with Gasteiger partial charge >= 0.3 is 0 Å². The molecule has 2 aromatic rings. The van der Waals surface area contributed by atoms with E-state index in [-0.39, 0.29) is 12.0 Å². The Hall–Kier alpha value is -2.57. The van der Waals surface area contributed by atoms with Crippen LogP contribution in [-0.2, 0) is 11.3 Å². The molecule has 0 radical (unpaired) electrons. The highest BCUT2D eigenvalue weighted by molar-refractivity contribution is 5.82. The number of carbonyl (C=O) groups is 1. The Labute approximate surface area is 128 Å². The number of hydrogen-bond acceptors (Lipinski definition) is 5. The molecule has 1 aromatic carbocycles. The fourth-order valence-electron chi connectivity index (χ4n) is 2.31. The highest BCUT2D eigenvalue weighted by atomic mass is 16.6. The van der Waals surface area contributed by atoms with Crippen molar-refractivity contribution in [2.75, 3.05) is 6.54 Å². The molecule has 3 rings (SSSR count). The van der Waals surface area contributed by atoms with E-state index in [4.69, 9.17) is 9.47 Å². The molecule has 116 valence electrons. The van der Waals surface area contributed by atoms with Gasteiger partial charge in [0.2, 0.25) is 6.10 Å². The number of amides is 1. The molecule has 0 spiro atoms. The minimum absolute atomic E-state index is 0.166. The van der Waals surface area contributed by atoms with E-state index in [0.29, 0.717) is 24.6 Å². The Morgan fingerprint density at radius 3 is 2.82 bits per heavy atom. The van der Waals surface area contributed by atoms with Crippen molar-refractivity contribution in [3.05, 3.63) is 36.9 Å². The molecule has 2 atom stereocenters. The van der Waals surface area contributed by atoms with Crippen molar-refractivity contribution in [2.24, 2.45) is 0 Å². The molecule has 0 aliphatic carbocycles. The molecule has 1 N–H and O–H groups in total. The number of fused-ring (bicyclic) bond motifs is 1. The van der Waals surface area contributed by atoms with Crippen molar-refractivity contribution in [2.45, 2.75) is 32.1 Å². The zero-order valence-corrected chi connectivity index (χ0v) is 12.3. The van der Waals surface area contributed by atoms with E-state index >= 15 is 0 Å². The molecule has 1 aliphatic heterocycles. The average Bonchev–Trinajstić information content (AvgIpc) is 3.04.